The second kappa shape index (κ2) is 10.1. The third kappa shape index (κ3) is 3.98. The van der Waals surface area contributed by atoms with E-state index in [0.29, 0.717) is 6.61 Å². The normalized spacial score (nSPS) is 18.5. The minimum Gasteiger partial charge on any atom is -0.479 e. The number of amides is 1. The first-order chi connectivity index (χ1) is 21.4. The Labute approximate surface area is 253 Å². The molecular formula is C32H24FN3O7S. The van der Waals surface area contributed by atoms with Crippen LogP contribution < -0.4 is 21.0 Å². The Balaban J connectivity index is 1.37. The predicted molar refractivity (Wildman–Crippen MR) is 158 cm³/mol. The first kappa shape index (κ1) is 26.7. The van der Waals surface area contributed by atoms with Crippen LogP contribution in [0.1, 0.15) is 39.2 Å². The number of carbonyl (C=O) groups excluding carboxylic acids is 1. The van der Waals surface area contributed by atoms with E-state index < -0.39 is 29.4 Å². The fraction of sp³-hybridized carbons (Fsp3) is 0.219. The van der Waals surface area contributed by atoms with E-state index in [1.54, 1.807) is 46.2 Å². The number of carbonyl (C=O) groups is 1. The molecule has 8 rings (SSSR count). The number of nitrogens with zero attached hydrogens (tertiary/aromatic N) is 3. The molecule has 1 fully saturated rings. The molecule has 12 heteroatoms. The molecule has 1 aliphatic carbocycles. The minimum atomic E-state index is -0.887. The van der Waals surface area contributed by atoms with Crippen LogP contribution in [0.5, 0.6) is 5.75 Å². The third-order valence-electron chi connectivity index (χ3n) is 8.37. The average Bonchev–Trinajstić information content (AvgIpc) is 3.62. The summed E-state index contributed by atoms with van der Waals surface area (Å²) < 4.78 is 38.4. The van der Waals surface area contributed by atoms with Gasteiger partial charge in [0.2, 0.25) is 5.43 Å². The molecule has 0 bridgehead atoms. The zero-order valence-corrected chi connectivity index (χ0v) is 24.1. The smallest absolute Gasteiger partial charge is 0.479 e. The Hall–Kier alpha value is -4.94. The Bertz CT molecular complexity index is 2080. The number of hydrogen-bond acceptors (Lipinski definition) is 9. The summed E-state index contributed by atoms with van der Waals surface area (Å²) in [4.78, 5) is 41.7. The summed E-state index contributed by atoms with van der Waals surface area (Å²) in [5.41, 5.74) is 3.95. The molecule has 1 saturated heterocycles. The standard InChI is InChI=1S/C32H24FN3O7S/c1-17-25(43-32(39)42-17)15-41-29-24(37)8-10-35-28(29)31(38)34-11-12-40-16-26(34)36(35)27-19-4-2-3-5-21(19)30-22(9-13-44-30)23-14-18(33)6-7-20(23)27/h2-10,13-14,26-27H,11-12,15-16H2,1H3. The van der Waals surface area contributed by atoms with Crippen LogP contribution >= 0.6 is 11.3 Å². The second-order valence-corrected chi connectivity index (χ2v) is 11.7. The topological polar surface area (TPSA) is 107 Å². The molecule has 1 amide bonds. The van der Waals surface area contributed by atoms with E-state index in [-0.39, 0.29) is 48.5 Å². The highest BCUT2D eigenvalue weighted by molar-refractivity contribution is 7.14. The number of halogens is 1. The molecule has 222 valence electrons. The summed E-state index contributed by atoms with van der Waals surface area (Å²) in [5, 5.41) is 4.01. The van der Waals surface area contributed by atoms with E-state index in [0.717, 1.165) is 32.7 Å². The Morgan fingerprint density at radius 3 is 2.68 bits per heavy atom. The number of aryl methyl sites for hydroxylation is 1. The maximum absolute atomic E-state index is 14.9. The molecule has 2 atom stereocenters. The number of fused-ring (bicyclic) bond motifs is 7. The van der Waals surface area contributed by atoms with Crippen molar-refractivity contribution in [2.24, 2.45) is 0 Å². The zero-order valence-electron chi connectivity index (χ0n) is 23.3. The van der Waals surface area contributed by atoms with Crippen LogP contribution in [0.3, 0.4) is 0 Å². The van der Waals surface area contributed by atoms with Crippen molar-refractivity contribution in [1.82, 2.24) is 9.58 Å². The molecule has 10 nitrogen and oxygen atoms in total. The molecule has 0 saturated carbocycles. The fourth-order valence-electron chi connectivity index (χ4n) is 6.43. The van der Waals surface area contributed by atoms with Crippen molar-refractivity contribution in [3.05, 3.63) is 121 Å². The lowest BCUT2D eigenvalue weighted by atomic mass is 9.92. The summed E-state index contributed by atoms with van der Waals surface area (Å²) in [6, 6.07) is 15.6. The van der Waals surface area contributed by atoms with Crippen LogP contribution in [-0.2, 0) is 11.3 Å². The average molecular weight is 614 g/mol. The largest absolute Gasteiger partial charge is 0.519 e. The monoisotopic (exact) mass is 613 g/mol. The van der Waals surface area contributed by atoms with Gasteiger partial charge in [0.05, 0.1) is 19.3 Å². The summed E-state index contributed by atoms with van der Waals surface area (Å²) in [6.45, 7) is 2.08. The van der Waals surface area contributed by atoms with E-state index in [1.165, 1.54) is 12.1 Å². The van der Waals surface area contributed by atoms with Crippen molar-refractivity contribution in [2.75, 3.05) is 24.8 Å². The number of rotatable bonds is 4. The van der Waals surface area contributed by atoms with Crippen LogP contribution in [0.15, 0.2) is 84.6 Å². The number of ether oxygens (including phenoxy) is 2. The Morgan fingerprint density at radius 1 is 1.00 bits per heavy atom. The zero-order chi connectivity index (χ0) is 30.1. The molecule has 5 heterocycles. The minimum absolute atomic E-state index is 0.0271. The molecule has 2 aliphatic heterocycles. The van der Waals surface area contributed by atoms with Crippen molar-refractivity contribution in [1.29, 1.82) is 0 Å². The number of thiophene rings is 1. The van der Waals surface area contributed by atoms with Gasteiger partial charge < -0.3 is 23.2 Å². The highest BCUT2D eigenvalue weighted by atomic mass is 32.1. The van der Waals surface area contributed by atoms with Gasteiger partial charge in [0.25, 0.3) is 5.91 Å². The Kier molecular flexibility index (Phi) is 6.10. The van der Waals surface area contributed by atoms with Gasteiger partial charge in [0.15, 0.2) is 23.0 Å². The Morgan fingerprint density at radius 2 is 1.84 bits per heavy atom. The number of morpholine rings is 1. The number of benzene rings is 2. The van der Waals surface area contributed by atoms with Crippen LogP contribution in [0, 0.1) is 12.7 Å². The van der Waals surface area contributed by atoms with Gasteiger partial charge in [-0.25, -0.2) is 9.18 Å². The highest BCUT2D eigenvalue weighted by Gasteiger charge is 2.46. The third-order valence-corrected chi connectivity index (χ3v) is 9.32. The number of hydrogen-bond donors (Lipinski definition) is 0. The van der Waals surface area contributed by atoms with E-state index in [9.17, 15) is 18.8 Å². The van der Waals surface area contributed by atoms with Crippen molar-refractivity contribution in [3.8, 4) is 27.3 Å². The maximum Gasteiger partial charge on any atom is 0.519 e. The second-order valence-electron chi connectivity index (χ2n) is 10.7. The van der Waals surface area contributed by atoms with Crippen LogP contribution in [0.2, 0.25) is 0 Å². The van der Waals surface area contributed by atoms with E-state index >= 15 is 0 Å². The first-order valence-electron chi connectivity index (χ1n) is 14.0. The predicted octanol–water partition coefficient (Wildman–Crippen LogP) is 4.67. The number of pyridine rings is 1. The van der Waals surface area contributed by atoms with Crippen molar-refractivity contribution < 1.29 is 27.5 Å². The van der Waals surface area contributed by atoms with Gasteiger partial charge in [-0.05, 0) is 52.8 Å². The van der Waals surface area contributed by atoms with Gasteiger partial charge in [-0.2, -0.15) is 0 Å². The lowest BCUT2D eigenvalue weighted by molar-refractivity contribution is -0.0198. The summed E-state index contributed by atoms with van der Waals surface area (Å²) in [7, 11) is 0. The molecule has 44 heavy (non-hydrogen) atoms. The molecular weight excluding hydrogens is 589 g/mol. The van der Waals surface area contributed by atoms with Gasteiger partial charge >= 0.3 is 5.82 Å². The maximum atomic E-state index is 14.9. The molecule has 3 aromatic heterocycles. The first-order valence-corrected chi connectivity index (χ1v) is 14.9. The van der Waals surface area contributed by atoms with Crippen LogP contribution in [-0.4, -0.2) is 41.4 Å². The van der Waals surface area contributed by atoms with E-state index in [2.05, 4.69) is 0 Å². The van der Waals surface area contributed by atoms with E-state index in [1.807, 2.05) is 40.7 Å². The van der Waals surface area contributed by atoms with E-state index in [4.69, 9.17) is 18.3 Å². The van der Waals surface area contributed by atoms with Crippen LogP contribution in [0.4, 0.5) is 4.39 Å². The molecule has 2 unspecified atom stereocenters. The lowest BCUT2D eigenvalue weighted by Crippen LogP contribution is -2.66. The molecule has 3 aliphatic rings. The molecule has 2 aromatic carbocycles. The highest BCUT2D eigenvalue weighted by Crippen LogP contribution is 2.50. The summed E-state index contributed by atoms with van der Waals surface area (Å²) in [5.74, 6) is -1.50. The molecule has 0 radical (unpaired) electrons. The van der Waals surface area contributed by atoms with Crippen molar-refractivity contribution in [3.63, 3.8) is 0 Å². The van der Waals surface area contributed by atoms with Gasteiger partial charge in [-0.3, -0.25) is 19.3 Å². The quantitative estimate of drug-likeness (QED) is 0.288. The van der Waals surface area contributed by atoms with Gasteiger partial charge in [0.1, 0.15) is 18.6 Å². The molecule has 5 aromatic rings. The van der Waals surface area contributed by atoms with Crippen LogP contribution in [0.25, 0.3) is 21.6 Å². The van der Waals surface area contributed by atoms with Gasteiger partial charge in [-0.1, -0.05) is 30.3 Å². The number of aromatic nitrogens is 1. The lowest BCUT2D eigenvalue weighted by Gasteiger charge is -2.51. The van der Waals surface area contributed by atoms with Crippen molar-refractivity contribution in [2.45, 2.75) is 25.7 Å². The molecule has 0 spiro atoms. The summed E-state index contributed by atoms with van der Waals surface area (Å²) in [6.07, 6.45) is 1.00. The summed E-state index contributed by atoms with van der Waals surface area (Å²) >= 11 is 1.58. The van der Waals surface area contributed by atoms with Gasteiger partial charge in [-0.15, -0.1) is 11.3 Å². The van der Waals surface area contributed by atoms with Crippen molar-refractivity contribution >= 4 is 17.2 Å². The fourth-order valence-corrected chi connectivity index (χ4v) is 7.39. The molecule has 0 N–H and O–H groups in total. The SMILES string of the molecule is Cc1oc(=O)oc1COc1c2n(ccc1=O)N(C1c3ccc(F)cc3-c3ccsc3-c3ccccc31)C1COCCN1C2=O. The van der Waals surface area contributed by atoms with Gasteiger partial charge in [0, 0.05) is 29.2 Å².